The second-order valence-electron chi connectivity index (χ2n) is 5.38. The zero-order valence-electron chi connectivity index (χ0n) is 11.3. The first-order valence-electron chi connectivity index (χ1n) is 6.41. The molecule has 0 fully saturated rings. The molecule has 0 saturated heterocycles. The quantitative estimate of drug-likeness (QED) is 0.747. The van der Waals surface area contributed by atoms with Crippen LogP contribution >= 0.6 is 0 Å². The van der Waals surface area contributed by atoms with E-state index in [9.17, 15) is 9.50 Å². The molecule has 0 aliphatic carbocycles. The first-order chi connectivity index (χ1) is 9.45. The Labute approximate surface area is 116 Å². The molecule has 1 aromatic heterocycles. The summed E-state index contributed by atoms with van der Waals surface area (Å²) in [6, 6.07) is 10.1. The maximum atomic E-state index is 13.6. The van der Waals surface area contributed by atoms with Crippen LogP contribution in [0.25, 0.3) is 22.2 Å². The van der Waals surface area contributed by atoms with Crippen molar-refractivity contribution in [1.29, 1.82) is 0 Å². The lowest BCUT2D eigenvalue weighted by Gasteiger charge is -2.22. The molecule has 3 rings (SSSR count). The number of halogens is 1. The van der Waals surface area contributed by atoms with Gasteiger partial charge < -0.3 is 10.1 Å². The molecular formula is C16H15FN2O. The molecule has 2 aromatic carbocycles. The highest BCUT2D eigenvalue weighted by Gasteiger charge is 2.21. The van der Waals surface area contributed by atoms with Crippen molar-refractivity contribution in [3.8, 4) is 11.1 Å². The van der Waals surface area contributed by atoms with Gasteiger partial charge in [0, 0.05) is 0 Å². The van der Waals surface area contributed by atoms with E-state index in [1.54, 1.807) is 26.2 Å². The lowest BCUT2D eigenvalue weighted by atomic mass is 9.89. The van der Waals surface area contributed by atoms with E-state index >= 15 is 0 Å². The van der Waals surface area contributed by atoms with Crippen LogP contribution in [-0.2, 0) is 5.60 Å². The highest BCUT2D eigenvalue weighted by molar-refractivity contribution is 5.82. The van der Waals surface area contributed by atoms with Crippen LogP contribution < -0.4 is 0 Å². The standard InChI is InChI=1S/C16H15FN2O/c1-16(2,20)13-5-4-11(17)8-12(13)10-3-6-14-15(7-10)19-9-18-14/h3-9,20H,1-2H3,(H,18,19). The number of imidazole rings is 1. The molecule has 0 radical (unpaired) electrons. The maximum absolute atomic E-state index is 13.6. The van der Waals surface area contributed by atoms with Gasteiger partial charge in [0.2, 0.25) is 0 Å². The predicted molar refractivity (Wildman–Crippen MR) is 76.7 cm³/mol. The Morgan fingerprint density at radius 3 is 2.70 bits per heavy atom. The number of hydrogen-bond donors (Lipinski definition) is 2. The number of aromatic amines is 1. The molecule has 0 saturated carbocycles. The first kappa shape index (κ1) is 12.8. The van der Waals surface area contributed by atoms with E-state index < -0.39 is 5.60 Å². The molecular weight excluding hydrogens is 255 g/mol. The summed E-state index contributed by atoms with van der Waals surface area (Å²) in [5, 5.41) is 10.3. The van der Waals surface area contributed by atoms with Gasteiger partial charge in [-0.05, 0) is 54.8 Å². The first-order valence-corrected chi connectivity index (χ1v) is 6.41. The zero-order valence-corrected chi connectivity index (χ0v) is 11.3. The molecule has 0 spiro atoms. The van der Waals surface area contributed by atoms with Crippen molar-refractivity contribution >= 4 is 11.0 Å². The molecule has 0 amide bonds. The summed E-state index contributed by atoms with van der Waals surface area (Å²) in [5.41, 5.74) is 2.91. The van der Waals surface area contributed by atoms with Gasteiger partial charge in [-0.2, -0.15) is 0 Å². The zero-order chi connectivity index (χ0) is 14.3. The number of nitrogens with one attached hydrogen (secondary N) is 1. The summed E-state index contributed by atoms with van der Waals surface area (Å²) < 4.78 is 13.6. The lowest BCUT2D eigenvalue weighted by molar-refractivity contribution is 0.0791. The van der Waals surface area contributed by atoms with E-state index in [0.29, 0.717) is 11.1 Å². The van der Waals surface area contributed by atoms with Gasteiger partial charge in [0.1, 0.15) is 5.82 Å². The summed E-state index contributed by atoms with van der Waals surface area (Å²) in [5.74, 6) is -0.324. The molecule has 102 valence electrons. The van der Waals surface area contributed by atoms with Gasteiger partial charge in [0.15, 0.2) is 0 Å². The van der Waals surface area contributed by atoms with Gasteiger partial charge in [-0.15, -0.1) is 0 Å². The van der Waals surface area contributed by atoms with Crippen LogP contribution in [0.3, 0.4) is 0 Å². The average molecular weight is 270 g/mol. The van der Waals surface area contributed by atoms with Crippen LogP contribution in [0.15, 0.2) is 42.7 Å². The van der Waals surface area contributed by atoms with E-state index in [2.05, 4.69) is 9.97 Å². The van der Waals surface area contributed by atoms with Crippen LogP contribution in [0.1, 0.15) is 19.4 Å². The molecule has 0 aliphatic rings. The third-order valence-corrected chi connectivity index (χ3v) is 3.37. The molecule has 0 aliphatic heterocycles. The van der Waals surface area contributed by atoms with Gasteiger partial charge in [-0.1, -0.05) is 12.1 Å². The fourth-order valence-electron chi connectivity index (χ4n) is 2.39. The Bertz CT molecular complexity index is 771. The van der Waals surface area contributed by atoms with Gasteiger partial charge >= 0.3 is 0 Å². The predicted octanol–water partition coefficient (Wildman–Crippen LogP) is 3.60. The van der Waals surface area contributed by atoms with Gasteiger partial charge in [-0.25, -0.2) is 9.37 Å². The van der Waals surface area contributed by atoms with E-state index in [0.717, 1.165) is 16.6 Å². The minimum atomic E-state index is -1.04. The largest absolute Gasteiger partial charge is 0.386 e. The lowest BCUT2D eigenvalue weighted by Crippen LogP contribution is -2.16. The molecule has 0 unspecified atom stereocenters. The number of nitrogens with zero attached hydrogens (tertiary/aromatic N) is 1. The van der Waals surface area contributed by atoms with Crippen LogP contribution in [0.2, 0.25) is 0 Å². The van der Waals surface area contributed by atoms with E-state index in [-0.39, 0.29) is 5.82 Å². The molecule has 2 N–H and O–H groups in total. The van der Waals surface area contributed by atoms with Crippen molar-refractivity contribution in [2.45, 2.75) is 19.4 Å². The minimum Gasteiger partial charge on any atom is -0.386 e. The molecule has 0 atom stereocenters. The smallest absolute Gasteiger partial charge is 0.123 e. The van der Waals surface area contributed by atoms with Crippen LogP contribution in [0.5, 0.6) is 0 Å². The molecule has 20 heavy (non-hydrogen) atoms. The van der Waals surface area contributed by atoms with Crippen molar-refractivity contribution in [1.82, 2.24) is 9.97 Å². The second-order valence-corrected chi connectivity index (χ2v) is 5.38. The molecule has 0 bridgehead atoms. The van der Waals surface area contributed by atoms with E-state index in [1.807, 2.05) is 18.2 Å². The van der Waals surface area contributed by atoms with Crippen molar-refractivity contribution in [3.05, 3.63) is 54.1 Å². The topological polar surface area (TPSA) is 48.9 Å². The Hall–Kier alpha value is -2.20. The average Bonchev–Trinajstić information content (AvgIpc) is 2.84. The van der Waals surface area contributed by atoms with Crippen molar-refractivity contribution in [2.75, 3.05) is 0 Å². The summed E-state index contributed by atoms with van der Waals surface area (Å²) in [7, 11) is 0. The number of aliphatic hydroxyl groups is 1. The Balaban J connectivity index is 2.24. The highest BCUT2D eigenvalue weighted by atomic mass is 19.1. The van der Waals surface area contributed by atoms with Crippen molar-refractivity contribution in [3.63, 3.8) is 0 Å². The Morgan fingerprint density at radius 2 is 1.95 bits per heavy atom. The van der Waals surface area contributed by atoms with Gasteiger partial charge in [0.25, 0.3) is 0 Å². The number of H-pyrrole nitrogens is 1. The molecule has 3 nitrogen and oxygen atoms in total. The van der Waals surface area contributed by atoms with Crippen molar-refractivity contribution in [2.24, 2.45) is 0 Å². The maximum Gasteiger partial charge on any atom is 0.123 e. The third kappa shape index (κ3) is 2.18. The molecule has 4 heteroatoms. The van der Waals surface area contributed by atoms with E-state index in [4.69, 9.17) is 0 Å². The summed E-state index contributed by atoms with van der Waals surface area (Å²) in [4.78, 5) is 7.23. The second kappa shape index (κ2) is 4.42. The van der Waals surface area contributed by atoms with Crippen LogP contribution in [-0.4, -0.2) is 15.1 Å². The number of fused-ring (bicyclic) bond motifs is 1. The van der Waals surface area contributed by atoms with Crippen molar-refractivity contribution < 1.29 is 9.50 Å². The third-order valence-electron chi connectivity index (χ3n) is 3.37. The van der Waals surface area contributed by atoms with Gasteiger partial charge in [-0.3, -0.25) is 0 Å². The van der Waals surface area contributed by atoms with E-state index in [1.165, 1.54) is 12.1 Å². The SMILES string of the molecule is CC(C)(O)c1ccc(F)cc1-c1ccc2[nH]cnc2c1. The summed E-state index contributed by atoms with van der Waals surface area (Å²) >= 11 is 0. The summed E-state index contributed by atoms with van der Waals surface area (Å²) in [6.07, 6.45) is 1.62. The number of aromatic nitrogens is 2. The minimum absolute atomic E-state index is 0.324. The highest BCUT2D eigenvalue weighted by Crippen LogP contribution is 2.33. The molecule has 1 heterocycles. The number of hydrogen-bond acceptors (Lipinski definition) is 2. The van der Waals surface area contributed by atoms with Crippen LogP contribution in [0, 0.1) is 5.82 Å². The fourth-order valence-corrected chi connectivity index (χ4v) is 2.39. The number of rotatable bonds is 2. The Kier molecular flexibility index (Phi) is 2.83. The molecule has 3 aromatic rings. The number of benzene rings is 2. The van der Waals surface area contributed by atoms with Gasteiger partial charge in [0.05, 0.1) is 23.0 Å². The normalized spacial score (nSPS) is 12.0. The monoisotopic (exact) mass is 270 g/mol. The fraction of sp³-hybridized carbons (Fsp3) is 0.188. The van der Waals surface area contributed by atoms with Crippen LogP contribution in [0.4, 0.5) is 4.39 Å². The Morgan fingerprint density at radius 1 is 1.15 bits per heavy atom. The summed E-state index contributed by atoms with van der Waals surface area (Å²) in [6.45, 7) is 3.38.